The zero-order valence-corrected chi connectivity index (χ0v) is 27.4. The molecule has 240 valence electrons. The van der Waals surface area contributed by atoms with Crippen molar-refractivity contribution in [2.75, 3.05) is 38.6 Å². The van der Waals surface area contributed by atoms with Crippen LogP contribution in [0.1, 0.15) is 42.9 Å². The van der Waals surface area contributed by atoms with Gasteiger partial charge in [-0.05, 0) is 56.7 Å². The zero-order chi connectivity index (χ0) is 32.3. The minimum absolute atomic E-state index is 0.00879. The minimum Gasteiger partial charge on any atom is -0.462 e. The molecule has 1 unspecified atom stereocenters. The number of fused-ring (bicyclic) bond motifs is 1. The maximum absolute atomic E-state index is 13.4. The lowest BCUT2D eigenvalue weighted by molar-refractivity contribution is -0.144. The van der Waals surface area contributed by atoms with Crippen molar-refractivity contribution in [2.24, 2.45) is 7.05 Å². The van der Waals surface area contributed by atoms with Crippen LogP contribution in [0, 0.1) is 0 Å². The number of amides is 1. The number of sulfone groups is 1. The largest absolute Gasteiger partial charge is 0.462 e. The van der Waals surface area contributed by atoms with Crippen LogP contribution in [0.4, 0.5) is 0 Å². The van der Waals surface area contributed by atoms with Crippen molar-refractivity contribution < 1.29 is 27.5 Å². The van der Waals surface area contributed by atoms with E-state index in [1.807, 2.05) is 41.5 Å². The molecule has 5 rings (SSSR count). The number of carbonyl (C=O) groups is 2. The second-order valence-corrected chi connectivity index (χ2v) is 13.9. The number of ether oxygens (including phenoxy) is 2. The number of hydrogen-bond donors (Lipinski definition) is 1. The summed E-state index contributed by atoms with van der Waals surface area (Å²) in [6, 6.07) is 11.3. The summed E-state index contributed by atoms with van der Waals surface area (Å²) in [5.74, 6) is -1.82. The molecular weight excluding hydrogens is 618 g/mol. The molecule has 1 atom stereocenters. The first kappa shape index (κ1) is 32.7. The van der Waals surface area contributed by atoms with E-state index >= 15 is 0 Å². The predicted molar refractivity (Wildman–Crippen MR) is 172 cm³/mol. The maximum atomic E-state index is 13.4. The molecule has 0 radical (unpaired) electrons. The molecule has 0 saturated carbocycles. The lowest BCUT2D eigenvalue weighted by Crippen LogP contribution is -2.38. The summed E-state index contributed by atoms with van der Waals surface area (Å²) in [6.45, 7) is 10.2. The summed E-state index contributed by atoms with van der Waals surface area (Å²) in [5, 5.41) is 8.91. The second kappa shape index (κ2) is 13.7. The van der Waals surface area contributed by atoms with E-state index in [9.17, 15) is 18.0 Å². The third-order valence-electron chi connectivity index (χ3n) is 7.82. The fraction of sp³-hybridized carbons (Fsp3) is 0.406. The van der Waals surface area contributed by atoms with Gasteiger partial charge in [-0.25, -0.2) is 8.42 Å². The van der Waals surface area contributed by atoms with Gasteiger partial charge in [0.2, 0.25) is 0 Å². The van der Waals surface area contributed by atoms with Gasteiger partial charge in [0.05, 0.1) is 43.0 Å². The van der Waals surface area contributed by atoms with Crippen molar-refractivity contribution >= 4 is 44.2 Å². The Balaban J connectivity index is 1.27. The highest BCUT2D eigenvalue weighted by Crippen LogP contribution is 2.33. The summed E-state index contributed by atoms with van der Waals surface area (Å²) in [5.41, 5.74) is 3.73. The molecule has 45 heavy (non-hydrogen) atoms. The molecule has 1 aliphatic rings. The van der Waals surface area contributed by atoms with Gasteiger partial charge in [0, 0.05) is 59.9 Å². The van der Waals surface area contributed by atoms with Gasteiger partial charge in [-0.2, -0.15) is 5.10 Å². The zero-order valence-electron chi connectivity index (χ0n) is 25.8. The molecule has 1 saturated heterocycles. The lowest BCUT2D eigenvalue weighted by Gasteiger charge is -2.26. The van der Waals surface area contributed by atoms with Crippen molar-refractivity contribution in [3.63, 3.8) is 0 Å². The molecular formula is C32H38ClN5O6S. The highest BCUT2D eigenvalue weighted by atomic mass is 35.5. The van der Waals surface area contributed by atoms with Crippen molar-refractivity contribution in [1.29, 1.82) is 0 Å². The number of aryl methyl sites for hydroxylation is 1. The van der Waals surface area contributed by atoms with Crippen LogP contribution >= 0.6 is 11.6 Å². The second-order valence-electron chi connectivity index (χ2n) is 11.5. The van der Waals surface area contributed by atoms with E-state index in [4.69, 9.17) is 21.1 Å². The smallest absolute Gasteiger partial charge is 0.321 e. The van der Waals surface area contributed by atoms with Crippen LogP contribution < -0.4 is 5.32 Å². The predicted octanol–water partition coefficient (Wildman–Crippen LogP) is 4.24. The SMILES string of the molecule is CC(C)OC(=O)CS(=O)(=O)c1ccc(C(C)NC(=O)c2cc3cc(Cl)c(-c4cnn(CCN5CCOCC5)c4)cc3n2C)cc1. The van der Waals surface area contributed by atoms with Crippen molar-refractivity contribution in [1.82, 2.24) is 24.6 Å². The highest BCUT2D eigenvalue weighted by molar-refractivity contribution is 7.92. The fourth-order valence-corrected chi connectivity index (χ4v) is 6.72. The Morgan fingerprint density at radius 1 is 1.07 bits per heavy atom. The Hall–Kier alpha value is -3.71. The number of morpholine rings is 1. The van der Waals surface area contributed by atoms with Gasteiger partial charge < -0.3 is 19.4 Å². The van der Waals surface area contributed by atoms with Gasteiger partial charge in [-0.3, -0.25) is 19.2 Å². The van der Waals surface area contributed by atoms with Gasteiger partial charge in [0.1, 0.15) is 5.69 Å². The number of carbonyl (C=O) groups excluding carboxylic acids is 2. The molecule has 3 heterocycles. The van der Waals surface area contributed by atoms with Gasteiger partial charge in [-0.15, -0.1) is 0 Å². The summed E-state index contributed by atoms with van der Waals surface area (Å²) in [7, 11) is -2.03. The van der Waals surface area contributed by atoms with E-state index in [2.05, 4.69) is 15.3 Å². The van der Waals surface area contributed by atoms with Gasteiger partial charge in [-0.1, -0.05) is 23.7 Å². The minimum atomic E-state index is -3.86. The number of hydrogen-bond acceptors (Lipinski definition) is 8. The van der Waals surface area contributed by atoms with Gasteiger partial charge >= 0.3 is 5.97 Å². The summed E-state index contributed by atoms with van der Waals surface area (Å²) in [6.07, 6.45) is 3.39. The number of nitrogens with zero attached hydrogens (tertiary/aromatic N) is 4. The maximum Gasteiger partial charge on any atom is 0.321 e. The molecule has 13 heteroatoms. The van der Waals surface area contributed by atoms with Crippen molar-refractivity contribution in [3.05, 3.63) is 71.1 Å². The first-order valence-electron chi connectivity index (χ1n) is 14.9. The molecule has 1 aliphatic heterocycles. The van der Waals surface area contributed by atoms with Crippen LogP contribution in [0.15, 0.2) is 59.8 Å². The Kier molecular flexibility index (Phi) is 9.97. The Labute approximate surface area is 268 Å². The molecule has 11 nitrogen and oxygen atoms in total. The van der Waals surface area contributed by atoms with E-state index in [0.29, 0.717) is 16.3 Å². The van der Waals surface area contributed by atoms with E-state index in [0.717, 1.165) is 61.4 Å². The Morgan fingerprint density at radius 2 is 1.78 bits per heavy atom. The number of esters is 1. The van der Waals surface area contributed by atoms with E-state index < -0.39 is 33.7 Å². The first-order valence-corrected chi connectivity index (χ1v) is 16.9. The fourth-order valence-electron chi connectivity index (χ4n) is 5.34. The van der Waals surface area contributed by atoms with Crippen LogP contribution in [0.2, 0.25) is 5.02 Å². The number of nitrogens with one attached hydrogen (secondary N) is 1. The monoisotopic (exact) mass is 655 g/mol. The highest BCUT2D eigenvalue weighted by Gasteiger charge is 2.23. The van der Waals surface area contributed by atoms with Gasteiger partial charge in [0.25, 0.3) is 5.91 Å². The van der Waals surface area contributed by atoms with Crippen LogP contribution in [-0.2, 0) is 37.7 Å². The molecule has 4 aromatic rings. The number of rotatable bonds is 11. The summed E-state index contributed by atoms with van der Waals surface area (Å²) < 4.78 is 39.4. The lowest BCUT2D eigenvalue weighted by atomic mass is 10.1. The van der Waals surface area contributed by atoms with E-state index in [-0.39, 0.29) is 10.8 Å². The third kappa shape index (κ3) is 7.75. The van der Waals surface area contributed by atoms with Gasteiger partial charge in [0.15, 0.2) is 15.6 Å². The molecule has 0 aliphatic carbocycles. The van der Waals surface area contributed by atoms with Crippen molar-refractivity contribution in [2.45, 2.75) is 44.4 Å². The quantitative estimate of drug-likeness (QED) is 0.238. The van der Waals surface area contributed by atoms with E-state index in [1.54, 1.807) is 38.2 Å². The molecule has 1 fully saturated rings. The molecule has 1 amide bonds. The standard InChI is InChI=1S/C32H38ClN5O6S/c1-21(2)44-31(39)20-45(41,42)26-7-5-23(6-8-26)22(3)35-32(40)30-16-24-15-28(33)27(17-29(24)36(30)4)25-18-34-38(19-25)10-9-37-11-13-43-14-12-37/h5-8,15-19,21-22H,9-14,20H2,1-4H3,(H,35,40). The van der Waals surface area contributed by atoms with Crippen LogP contribution in [0.3, 0.4) is 0 Å². The van der Waals surface area contributed by atoms with Crippen LogP contribution in [-0.4, -0.2) is 84.2 Å². The number of halogens is 1. The average molecular weight is 656 g/mol. The van der Waals surface area contributed by atoms with Crippen molar-refractivity contribution in [3.8, 4) is 11.1 Å². The van der Waals surface area contributed by atoms with Crippen LogP contribution in [0.25, 0.3) is 22.0 Å². The van der Waals surface area contributed by atoms with E-state index in [1.165, 1.54) is 12.1 Å². The number of benzene rings is 2. The Bertz CT molecular complexity index is 1790. The number of aromatic nitrogens is 3. The summed E-state index contributed by atoms with van der Waals surface area (Å²) in [4.78, 5) is 27.6. The average Bonchev–Trinajstić information content (AvgIpc) is 3.59. The topological polar surface area (TPSA) is 125 Å². The van der Waals surface area contributed by atoms with Crippen LogP contribution in [0.5, 0.6) is 0 Å². The molecule has 0 spiro atoms. The molecule has 2 aromatic carbocycles. The third-order valence-corrected chi connectivity index (χ3v) is 9.74. The normalized spacial score (nSPS) is 15.0. The molecule has 1 N–H and O–H groups in total. The molecule has 0 bridgehead atoms. The summed E-state index contributed by atoms with van der Waals surface area (Å²) >= 11 is 6.71. The molecule has 2 aromatic heterocycles. The first-order chi connectivity index (χ1) is 21.4. The Morgan fingerprint density at radius 3 is 2.47 bits per heavy atom.